The number of methoxy groups -OCH3 is 1. The first-order valence-electron chi connectivity index (χ1n) is 12.8. The largest absolute Gasteiger partial charge is 0.460 e. The molecule has 3 aromatic rings. The second-order valence-electron chi connectivity index (χ2n) is 9.26. The summed E-state index contributed by atoms with van der Waals surface area (Å²) in [6, 6.07) is 13.7. The third kappa shape index (κ3) is 4.75. The molecule has 0 spiro atoms. The zero-order valence-corrected chi connectivity index (χ0v) is 23.5. The lowest BCUT2D eigenvalue weighted by Gasteiger charge is -2.25. The Morgan fingerprint density at radius 2 is 1.85 bits per heavy atom. The number of ether oxygens (including phenoxy) is 2. The average molecular weight is 566 g/mol. The summed E-state index contributed by atoms with van der Waals surface area (Å²) in [4.78, 5) is 48.0. The molecular weight excluding hydrogens is 538 g/mol. The molecule has 202 valence electrons. The molecule has 5 rings (SSSR count). The van der Waals surface area contributed by atoms with E-state index in [2.05, 4.69) is 11.9 Å². The molecule has 0 saturated carbocycles. The number of carbonyl (C=O) groups excluding carboxylic acids is 2. The summed E-state index contributed by atoms with van der Waals surface area (Å²) in [5.74, 6) is -0.816. The van der Waals surface area contributed by atoms with E-state index in [0.717, 1.165) is 29.9 Å². The molecule has 2 aliphatic heterocycles. The van der Waals surface area contributed by atoms with Gasteiger partial charge in [0.15, 0.2) is 4.80 Å². The van der Waals surface area contributed by atoms with E-state index >= 15 is 0 Å². The number of para-hydroxylation sites is 1. The van der Waals surface area contributed by atoms with E-state index in [4.69, 9.17) is 21.1 Å². The Morgan fingerprint density at radius 3 is 2.59 bits per heavy atom. The van der Waals surface area contributed by atoms with E-state index in [1.54, 1.807) is 36.1 Å². The normalized spacial score (nSPS) is 17.7. The van der Waals surface area contributed by atoms with Gasteiger partial charge < -0.3 is 14.4 Å². The molecule has 1 atom stereocenters. The number of aromatic nitrogens is 1. The maximum absolute atomic E-state index is 14.2. The minimum Gasteiger partial charge on any atom is -0.460 e. The molecule has 2 aromatic carbocycles. The van der Waals surface area contributed by atoms with Crippen LogP contribution in [0.5, 0.6) is 0 Å². The summed E-state index contributed by atoms with van der Waals surface area (Å²) < 4.78 is 12.2. The maximum atomic E-state index is 14.2. The minimum atomic E-state index is -0.873. The smallest absolute Gasteiger partial charge is 0.338 e. The zero-order chi connectivity index (χ0) is 27.7. The number of esters is 1. The van der Waals surface area contributed by atoms with Gasteiger partial charge in [-0.1, -0.05) is 72.7 Å². The lowest BCUT2D eigenvalue weighted by Crippen LogP contribution is -2.41. The van der Waals surface area contributed by atoms with Gasteiger partial charge >= 0.3 is 5.97 Å². The third-order valence-corrected chi connectivity index (χ3v) is 8.22. The Hall–Kier alpha value is -3.53. The first-order chi connectivity index (χ1) is 18.9. The van der Waals surface area contributed by atoms with E-state index in [-0.39, 0.29) is 29.2 Å². The molecule has 0 saturated heterocycles. The Balaban J connectivity index is 1.75. The van der Waals surface area contributed by atoms with Crippen LogP contribution in [0.15, 0.2) is 69.6 Å². The van der Waals surface area contributed by atoms with Gasteiger partial charge in [0.05, 0.1) is 29.1 Å². The van der Waals surface area contributed by atoms with Gasteiger partial charge in [0.25, 0.3) is 11.5 Å². The number of unbranched alkanes of at least 4 members (excludes halogenated alkanes) is 1. The predicted octanol–water partition coefficient (Wildman–Crippen LogP) is 3.60. The van der Waals surface area contributed by atoms with Crippen molar-refractivity contribution in [2.45, 2.75) is 32.7 Å². The van der Waals surface area contributed by atoms with Crippen molar-refractivity contribution >= 4 is 46.1 Å². The van der Waals surface area contributed by atoms with Gasteiger partial charge in [-0.2, -0.15) is 0 Å². The average Bonchev–Trinajstić information content (AvgIpc) is 3.39. The molecule has 10 heteroatoms. The molecule has 0 radical (unpaired) electrons. The Kier molecular flexibility index (Phi) is 7.83. The molecule has 1 aromatic heterocycles. The van der Waals surface area contributed by atoms with Gasteiger partial charge in [0.2, 0.25) is 0 Å². The van der Waals surface area contributed by atoms with E-state index < -0.39 is 17.6 Å². The van der Waals surface area contributed by atoms with Crippen LogP contribution in [0.4, 0.5) is 5.69 Å². The monoisotopic (exact) mass is 565 g/mol. The van der Waals surface area contributed by atoms with Crippen LogP contribution in [0.3, 0.4) is 0 Å². The summed E-state index contributed by atoms with van der Waals surface area (Å²) in [5, 5.41) is 0.394. The van der Waals surface area contributed by atoms with Crippen molar-refractivity contribution in [3.8, 4) is 0 Å². The van der Waals surface area contributed by atoms with Crippen LogP contribution in [0.1, 0.15) is 43.9 Å². The van der Waals surface area contributed by atoms with Crippen LogP contribution in [-0.2, 0) is 19.1 Å². The van der Waals surface area contributed by atoms with Crippen LogP contribution in [0.2, 0.25) is 5.02 Å². The van der Waals surface area contributed by atoms with Crippen molar-refractivity contribution in [2.24, 2.45) is 4.99 Å². The van der Waals surface area contributed by atoms with Crippen LogP contribution in [-0.4, -0.2) is 43.3 Å². The lowest BCUT2D eigenvalue weighted by molar-refractivity contribution is -0.140. The van der Waals surface area contributed by atoms with Gasteiger partial charge in [-0.15, -0.1) is 0 Å². The number of hydrogen-bond acceptors (Lipinski definition) is 7. The minimum absolute atomic E-state index is 0.0504. The van der Waals surface area contributed by atoms with Gasteiger partial charge in [0, 0.05) is 24.2 Å². The van der Waals surface area contributed by atoms with Crippen molar-refractivity contribution in [3.63, 3.8) is 0 Å². The summed E-state index contributed by atoms with van der Waals surface area (Å²) >= 11 is 7.75. The summed E-state index contributed by atoms with van der Waals surface area (Å²) in [6.45, 7) is 4.62. The van der Waals surface area contributed by atoms with Crippen LogP contribution in [0, 0.1) is 0 Å². The van der Waals surface area contributed by atoms with Crippen LogP contribution < -0.4 is 19.8 Å². The van der Waals surface area contributed by atoms with Crippen molar-refractivity contribution in [3.05, 3.63) is 95.6 Å². The quantitative estimate of drug-likeness (QED) is 0.307. The van der Waals surface area contributed by atoms with E-state index in [9.17, 15) is 14.4 Å². The molecule has 1 amide bonds. The maximum Gasteiger partial charge on any atom is 0.338 e. The van der Waals surface area contributed by atoms with Crippen LogP contribution in [0.25, 0.3) is 5.57 Å². The van der Waals surface area contributed by atoms with E-state index in [1.807, 2.05) is 24.3 Å². The number of carbonyl (C=O) groups is 2. The molecule has 39 heavy (non-hydrogen) atoms. The number of halogens is 1. The van der Waals surface area contributed by atoms with E-state index in [0.29, 0.717) is 38.8 Å². The fourth-order valence-electron chi connectivity index (χ4n) is 4.96. The first kappa shape index (κ1) is 27.1. The van der Waals surface area contributed by atoms with Gasteiger partial charge in [-0.05, 0) is 31.0 Å². The number of hydrogen-bond donors (Lipinski definition) is 0. The second-order valence-corrected chi connectivity index (χ2v) is 10.6. The molecule has 0 N–H and O–H groups in total. The molecule has 0 aliphatic carbocycles. The lowest BCUT2D eigenvalue weighted by atomic mass is 9.96. The molecular formula is C29H28ClN3O5S. The molecule has 3 heterocycles. The highest BCUT2D eigenvalue weighted by Crippen LogP contribution is 2.37. The van der Waals surface area contributed by atoms with Crippen molar-refractivity contribution in [1.82, 2.24) is 4.57 Å². The second kappa shape index (κ2) is 11.3. The van der Waals surface area contributed by atoms with Crippen molar-refractivity contribution in [2.75, 3.05) is 31.8 Å². The number of fused-ring (bicyclic) bond motifs is 2. The topological polar surface area (TPSA) is 90.2 Å². The fraction of sp³-hybridized carbons (Fsp3) is 0.310. The number of benzene rings is 2. The Morgan fingerprint density at radius 1 is 1.10 bits per heavy atom. The highest BCUT2D eigenvalue weighted by Gasteiger charge is 2.37. The molecule has 0 bridgehead atoms. The molecule has 8 nitrogen and oxygen atoms in total. The molecule has 2 aliphatic rings. The SMILES string of the molecule is CCCCN1C(=O)/C(=c2\sc3n(c2=O)C(c2ccccc2Cl)C(C(=O)OCCOC)=C(C)N=3)c2ccccc21. The van der Waals surface area contributed by atoms with Gasteiger partial charge in [-0.3, -0.25) is 14.2 Å². The standard InChI is InChI=1S/C29H28ClN3O5S/c1-4-5-14-32-21-13-9-7-11-19(21)23(26(32)34)25-27(35)33-24(18-10-6-8-12-20(18)30)22(17(2)31-29(33)39-25)28(36)38-16-15-37-3/h6-13,24H,4-5,14-16H2,1-3H3/b25-23-. The Bertz CT molecular complexity index is 1670. The number of rotatable bonds is 8. The van der Waals surface area contributed by atoms with Crippen molar-refractivity contribution in [1.29, 1.82) is 0 Å². The Labute approximate surface area is 234 Å². The number of amides is 1. The van der Waals surface area contributed by atoms with Crippen molar-refractivity contribution < 1.29 is 19.1 Å². The number of nitrogens with zero attached hydrogens (tertiary/aromatic N) is 3. The number of anilines is 1. The molecule has 1 unspecified atom stereocenters. The highest BCUT2D eigenvalue weighted by atomic mass is 35.5. The fourth-order valence-corrected chi connectivity index (χ4v) is 6.33. The summed E-state index contributed by atoms with van der Waals surface area (Å²) in [5.41, 5.74) is 2.65. The highest BCUT2D eigenvalue weighted by molar-refractivity contribution is 7.07. The summed E-state index contributed by atoms with van der Waals surface area (Å²) in [6.07, 6.45) is 1.78. The molecule has 0 fully saturated rings. The number of thiazole rings is 1. The zero-order valence-electron chi connectivity index (χ0n) is 21.9. The third-order valence-electron chi connectivity index (χ3n) is 6.82. The van der Waals surface area contributed by atoms with Gasteiger partial charge in [0.1, 0.15) is 17.2 Å². The van der Waals surface area contributed by atoms with E-state index in [1.165, 1.54) is 11.7 Å². The van der Waals surface area contributed by atoms with Gasteiger partial charge in [-0.25, -0.2) is 9.79 Å². The first-order valence-corrected chi connectivity index (χ1v) is 13.9. The predicted molar refractivity (Wildman–Crippen MR) is 151 cm³/mol. The summed E-state index contributed by atoms with van der Waals surface area (Å²) in [7, 11) is 1.52. The number of allylic oxidation sites excluding steroid dienone is 1. The van der Waals surface area contributed by atoms with Crippen LogP contribution >= 0.6 is 22.9 Å².